The minimum atomic E-state index is -1.09. The molecule has 3 atom stereocenters. The Balaban J connectivity index is 2.14. The molecule has 2 N–H and O–H groups in total. The second kappa shape index (κ2) is 9.92. The van der Waals surface area contributed by atoms with Gasteiger partial charge in [-0.1, -0.05) is 79.3 Å². The Labute approximate surface area is 163 Å². The Kier molecular flexibility index (Phi) is 7.61. The molecule has 142 valence electrons. The van der Waals surface area contributed by atoms with Gasteiger partial charge >= 0.3 is 5.97 Å². The number of carbonyl (C=O) groups is 3. The second-order valence-electron chi connectivity index (χ2n) is 6.34. The molecule has 0 spiro atoms. The van der Waals surface area contributed by atoms with Crippen LogP contribution in [0, 0.1) is 5.92 Å². The van der Waals surface area contributed by atoms with E-state index in [-0.39, 0.29) is 22.7 Å². The number of hydrogen-bond donors (Lipinski definition) is 2. The normalized spacial score (nSPS) is 14.0. The molecule has 2 aromatic carbocycles. The van der Waals surface area contributed by atoms with E-state index in [0.717, 1.165) is 17.3 Å². The Bertz CT molecular complexity index is 779. The molecule has 0 heterocycles. The zero-order chi connectivity index (χ0) is 19.8. The zero-order valence-corrected chi connectivity index (χ0v) is 16.1. The highest BCUT2D eigenvalue weighted by Crippen LogP contribution is 2.29. The van der Waals surface area contributed by atoms with E-state index in [4.69, 9.17) is 5.11 Å². The molecular weight excluding hydrogens is 362 g/mol. The van der Waals surface area contributed by atoms with Gasteiger partial charge in [0.15, 0.2) is 0 Å². The smallest absolute Gasteiger partial charge is 0.325 e. The first kappa shape index (κ1) is 20.7. The Morgan fingerprint density at radius 2 is 1.52 bits per heavy atom. The van der Waals surface area contributed by atoms with Gasteiger partial charge in [-0.25, -0.2) is 0 Å². The summed E-state index contributed by atoms with van der Waals surface area (Å²) in [6.07, 6.45) is 0. The third-order valence-corrected chi connectivity index (χ3v) is 5.42. The van der Waals surface area contributed by atoms with Crippen LogP contribution in [0.4, 0.5) is 0 Å². The molecule has 1 amide bonds. The molecule has 5 nitrogen and oxygen atoms in total. The van der Waals surface area contributed by atoms with Crippen LogP contribution in [-0.2, 0) is 9.59 Å². The molecule has 6 heteroatoms. The molecule has 0 aliphatic heterocycles. The fourth-order valence-electron chi connectivity index (χ4n) is 2.64. The number of carboxylic acids is 1. The van der Waals surface area contributed by atoms with Gasteiger partial charge < -0.3 is 10.4 Å². The lowest BCUT2D eigenvalue weighted by Gasteiger charge is -2.24. The lowest BCUT2D eigenvalue weighted by molar-refractivity contribution is -0.141. The van der Waals surface area contributed by atoms with Crippen molar-refractivity contribution in [2.45, 2.75) is 25.8 Å². The van der Waals surface area contributed by atoms with Crippen LogP contribution in [0.1, 0.15) is 35.7 Å². The van der Waals surface area contributed by atoms with Gasteiger partial charge in [0.25, 0.3) is 0 Å². The van der Waals surface area contributed by atoms with Gasteiger partial charge in [0, 0.05) is 11.3 Å². The number of amides is 1. The minimum Gasteiger partial charge on any atom is -0.480 e. The predicted octanol–water partition coefficient (Wildman–Crippen LogP) is 3.57. The van der Waals surface area contributed by atoms with Crippen LogP contribution >= 0.6 is 11.8 Å². The summed E-state index contributed by atoms with van der Waals surface area (Å²) in [4.78, 5) is 36.2. The maximum atomic E-state index is 12.7. The van der Waals surface area contributed by atoms with Crippen LogP contribution in [0.3, 0.4) is 0 Å². The highest BCUT2D eigenvalue weighted by molar-refractivity contribution is 8.14. The van der Waals surface area contributed by atoms with Crippen molar-refractivity contribution in [3.8, 4) is 0 Å². The van der Waals surface area contributed by atoms with Crippen molar-refractivity contribution >= 4 is 28.8 Å². The van der Waals surface area contributed by atoms with Crippen molar-refractivity contribution in [1.82, 2.24) is 5.32 Å². The number of carboxylic acid groups (broad SMARTS) is 1. The van der Waals surface area contributed by atoms with E-state index in [1.54, 1.807) is 24.3 Å². The third kappa shape index (κ3) is 5.96. The number of benzene rings is 2. The van der Waals surface area contributed by atoms with Crippen molar-refractivity contribution in [2.24, 2.45) is 5.92 Å². The topological polar surface area (TPSA) is 83.5 Å². The van der Waals surface area contributed by atoms with E-state index in [2.05, 4.69) is 5.32 Å². The fraction of sp³-hybridized carbons (Fsp3) is 0.286. The van der Waals surface area contributed by atoms with E-state index < -0.39 is 17.9 Å². The van der Waals surface area contributed by atoms with Crippen LogP contribution in [0.5, 0.6) is 0 Å². The van der Waals surface area contributed by atoms with Gasteiger partial charge in [-0.2, -0.15) is 0 Å². The molecule has 2 aromatic rings. The predicted molar refractivity (Wildman–Crippen MR) is 107 cm³/mol. The maximum absolute atomic E-state index is 12.7. The molecule has 0 aliphatic carbocycles. The van der Waals surface area contributed by atoms with E-state index >= 15 is 0 Å². The average molecular weight is 385 g/mol. The standard InChI is InChI=1S/C21H23NO4S/c1-14(16-9-5-3-6-10-16)18(19(23)22-15(2)20(24)25)13-27-21(26)17-11-7-4-8-12-17/h3-12,14-15,18H,13H2,1-2H3,(H,22,23)(H,24,25)/t14-,15?,18-/m0/s1. The molecule has 0 fully saturated rings. The van der Waals surface area contributed by atoms with E-state index in [1.807, 2.05) is 43.3 Å². The number of thioether (sulfide) groups is 1. The molecule has 27 heavy (non-hydrogen) atoms. The van der Waals surface area contributed by atoms with Crippen LogP contribution in [0.15, 0.2) is 60.7 Å². The SMILES string of the molecule is CC(NC(=O)[C@@H](CSC(=O)c1ccccc1)[C@@H](C)c1ccccc1)C(=O)O. The second-order valence-corrected chi connectivity index (χ2v) is 7.33. The Hall–Kier alpha value is -2.60. The molecule has 0 saturated heterocycles. The summed E-state index contributed by atoms with van der Waals surface area (Å²) < 4.78 is 0. The minimum absolute atomic E-state index is 0.111. The van der Waals surface area contributed by atoms with Crippen molar-refractivity contribution < 1.29 is 19.5 Å². The third-order valence-electron chi connectivity index (χ3n) is 4.40. The monoisotopic (exact) mass is 385 g/mol. The molecule has 0 bridgehead atoms. The van der Waals surface area contributed by atoms with Crippen molar-refractivity contribution in [3.05, 3.63) is 71.8 Å². The van der Waals surface area contributed by atoms with E-state index in [0.29, 0.717) is 5.56 Å². The number of nitrogens with one attached hydrogen (secondary N) is 1. The Morgan fingerprint density at radius 1 is 0.963 bits per heavy atom. The molecule has 0 aromatic heterocycles. The number of hydrogen-bond acceptors (Lipinski definition) is 4. The Morgan fingerprint density at radius 3 is 2.07 bits per heavy atom. The first-order chi connectivity index (χ1) is 12.9. The van der Waals surface area contributed by atoms with Crippen molar-refractivity contribution in [2.75, 3.05) is 5.75 Å². The van der Waals surface area contributed by atoms with Gasteiger partial charge in [0.1, 0.15) is 6.04 Å². The maximum Gasteiger partial charge on any atom is 0.325 e. The quantitative estimate of drug-likeness (QED) is 0.726. The van der Waals surface area contributed by atoms with Gasteiger partial charge in [-0.15, -0.1) is 0 Å². The van der Waals surface area contributed by atoms with Gasteiger partial charge in [0.05, 0.1) is 5.92 Å². The largest absolute Gasteiger partial charge is 0.480 e. The number of carbonyl (C=O) groups excluding carboxylic acids is 2. The highest BCUT2D eigenvalue weighted by atomic mass is 32.2. The average Bonchev–Trinajstić information content (AvgIpc) is 2.69. The number of aliphatic carboxylic acids is 1. The molecule has 1 unspecified atom stereocenters. The van der Waals surface area contributed by atoms with Gasteiger partial charge in [0.2, 0.25) is 11.0 Å². The van der Waals surface area contributed by atoms with Crippen LogP contribution < -0.4 is 5.32 Å². The lowest BCUT2D eigenvalue weighted by atomic mass is 9.88. The molecular formula is C21H23NO4S. The summed E-state index contributed by atoms with van der Waals surface area (Å²) in [6, 6.07) is 17.4. The van der Waals surface area contributed by atoms with Gasteiger partial charge in [-0.3, -0.25) is 14.4 Å². The highest BCUT2D eigenvalue weighted by Gasteiger charge is 2.29. The summed E-state index contributed by atoms with van der Waals surface area (Å²) in [7, 11) is 0. The molecule has 2 rings (SSSR count). The number of rotatable bonds is 8. The van der Waals surface area contributed by atoms with Crippen molar-refractivity contribution in [1.29, 1.82) is 0 Å². The van der Waals surface area contributed by atoms with Crippen LogP contribution in [0.2, 0.25) is 0 Å². The first-order valence-corrected chi connectivity index (χ1v) is 9.69. The van der Waals surface area contributed by atoms with Crippen molar-refractivity contribution in [3.63, 3.8) is 0 Å². The summed E-state index contributed by atoms with van der Waals surface area (Å²) in [5, 5.41) is 11.5. The van der Waals surface area contributed by atoms with Gasteiger partial charge in [-0.05, 0) is 18.4 Å². The fourth-order valence-corrected chi connectivity index (χ4v) is 3.71. The molecule has 0 saturated carbocycles. The lowest BCUT2D eigenvalue weighted by Crippen LogP contribution is -2.43. The van der Waals surface area contributed by atoms with E-state index in [1.165, 1.54) is 6.92 Å². The van der Waals surface area contributed by atoms with Crippen LogP contribution in [0.25, 0.3) is 0 Å². The first-order valence-electron chi connectivity index (χ1n) is 8.70. The van der Waals surface area contributed by atoms with E-state index in [9.17, 15) is 14.4 Å². The van der Waals surface area contributed by atoms with Crippen LogP contribution in [-0.4, -0.2) is 33.9 Å². The summed E-state index contributed by atoms with van der Waals surface area (Å²) in [5.41, 5.74) is 1.54. The molecule has 0 aliphatic rings. The summed E-state index contributed by atoms with van der Waals surface area (Å²) >= 11 is 1.08. The molecule has 0 radical (unpaired) electrons. The summed E-state index contributed by atoms with van der Waals surface area (Å²) in [6.45, 7) is 3.34. The zero-order valence-electron chi connectivity index (χ0n) is 15.3. The summed E-state index contributed by atoms with van der Waals surface area (Å²) in [5.74, 6) is -1.89.